The summed E-state index contributed by atoms with van der Waals surface area (Å²) in [4.78, 5) is 38.6. The largest absolute Gasteiger partial charge is 0.350 e. The highest BCUT2D eigenvalue weighted by Crippen LogP contribution is 2.14. The van der Waals surface area contributed by atoms with Crippen molar-refractivity contribution in [2.45, 2.75) is 39.4 Å². The molecule has 0 unspecified atom stereocenters. The maximum atomic E-state index is 13.2. The number of aromatic nitrogens is 1. The summed E-state index contributed by atoms with van der Waals surface area (Å²) in [6.45, 7) is 5.71. The quantitative estimate of drug-likeness (QED) is 0.594. The number of nitrogens with one attached hydrogen (secondary N) is 2. The Bertz CT molecular complexity index is 1160. The van der Waals surface area contributed by atoms with Gasteiger partial charge in [-0.25, -0.2) is 4.39 Å². The minimum absolute atomic E-state index is 0.100. The van der Waals surface area contributed by atoms with Crippen LogP contribution in [0.4, 0.5) is 4.39 Å². The zero-order valence-corrected chi connectivity index (χ0v) is 18.3. The fraction of sp³-hybridized carbons (Fsp3) is 0.240. The third kappa shape index (κ3) is 5.69. The Labute approximate surface area is 186 Å². The van der Waals surface area contributed by atoms with Crippen LogP contribution in [0.1, 0.15) is 58.7 Å². The van der Waals surface area contributed by atoms with E-state index >= 15 is 0 Å². The molecule has 0 radical (unpaired) electrons. The highest BCUT2D eigenvalue weighted by Gasteiger charge is 2.21. The highest BCUT2D eigenvalue weighted by molar-refractivity contribution is 5.99. The average molecular weight is 435 g/mol. The first-order valence-corrected chi connectivity index (χ1v) is 10.4. The predicted molar refractivity (Wildman–Crippen MR) is 121 cm³/mol. The van der Waals surface area contributed by atoms with Crippen molar-refractivity contribution in [1.29, 1.82) is 0 Å². The SMILES string of the molecule is CC(C)NC(=O)c1cn(Cc2ccccc2)cc(C(=O)N[C@@H](C)c2ccc(F)cc2)c1=O. The first-order valence-electron chi connectivity index (χ1n) is 10.4. The molecule has 0 saturated carbocycles. The van der Waals surface area contributed by atoms with Gasteiger partial charge in [0.25, 0.3) is 11.8 Å². The van der Waals surface area contributed by atoms with Crippen molar-refractivity contribution in [3.63, 3.8) is 0 Å². The maximum Gasteiger partial charge on any atom is 0.257 e. The van der Waals surface area contributed by atoms with Crippen LogP contribution in [0.25, 0.3) is 0 Å². The van der Waals surface area contributed by atoms with Gasteiger partial charge in [0.1, 0.15) is 16.9 Å². The van der Waals surface area contributed by atoms with Crippen molar-refractivity contribution in [2.24, 2.45) is 0 Å². The maximum absolute atomic E-state index is 13.2. The molecule has 1 atom stereocenters. The van der Waals surface area contributed by atoms with Crippen LogP contribution >= 0.6 is 0 Å². The molecule has 6 nitrogen and oxygen atoms in total. The predicted octanol–water partition coefficient (Wildman–Crippen LogP) is 3.66. The first kappa shape index (κ1) is 22.9. The topological polar surface area (TPSA) is 80.2 Å². The summed E-state index contributed by atoms with van der Waals surface area (Å²) < 4.78 is 14.9. The van der Waals surface area contributed by atoms with E-state index in [1.54, 1.807) is 37.5 Å². The smallest absolute Gasteiger partial charge is 0.257 e. The molecule has 2 aromatic carbocycles. The summed E-state index contributed by atoms with van der Waals surface area (Å²) >= 11 is 0. The van der Waals surface area contributed by atoms with Gasteiger partial charge in [-0.1, -0.05) is 42.5 Å². The number of benzene rings is 2. The van der Waals surface area contributed by atoms with Crippen molar-refractivity contribution in [3.05, 3.63) is 105 Å². The van der Waals surface area contributed by atoms with E-state index in [0.717, 1.165) is 5.56 Å². The van der Waals surface area contributed by atoms with Gasteiger partial charge in [0, 0.05) is 25.0 Å². The molecule has 7 heteroatoms. The van der Waals surface area contributed by atoms with E-state index in [0.29, 0.717) is 12.1 Å². The standard InChI is InChI=1S/C25H26FN3O3/c1-16(2)27-24(31)21-14-29(13-18-7-5-4-6-8-18)15-22(23(21)30)25(32)28-17(3)19-9-11-20(26)12-10-19/h4-12,14-17H,13H2,1-3H3,(H,27,31)(H,28,32)/t17-/m0/s1. The molecule has 0 aliphatic heterocycles. The summed E-state index contributed by atoms with van der Waals surface area (Å²) in [6, 6.07) is 14.6. The molecule has 1 heterocycles. The number of halogens is 1. The molecule has 166 valence electrons. The van der Waals surface area contributed by atoms with Gasteiger partial charge < -0.3 is 15.2 Å². The van der Waals surface area contributed by atoms with E-state index in [-0.39, 0.29) is 23.0 Å². The van der Waals surface area contributed by atoms with Crippen LogP contribution in [0.2, 0.25) is 0 Å². The summed E-state index contributed by atoms with van der Waals surface area (Å²) in [7, 11) is 0. The zero-order valence-electron chi connectivity index (χ0n) is 18.3. The summed E-state index contributed by atoms with van der Waals surface area (Å²) in [5, 5.41) is 5.47. The number of pyridine rings is 1. The van der Waals surface area contributed by atoms with Crippen molar-refractivity contribution >= 4 is 11.8 Å². The summed E-state index contributed by atoms with van der Waals surface area (Å²) in [6.07, 6.45) is 2.92. The van der Waals surface area contributed by atoms with Crippen LogP contribution in [0.5, 0.6) is 0 Å². The van der Waals surface area contributed by atoms with E-state index in [1.165, 1.54) is 24.5 Å². The highest BCUT2D eigenvalue weighted by atomic mass is 19.1. The zero-order chi connectivity index (χ0) is 23.3. The lowest BCUT2D eigenvalue weighted by Gasteiger charge is -2.16. The first-order chi connectivity index (χ1) is 15.2. The fourth-order valence-electron chi connectivity index (χ4n) is 3.29. The van der Waals surface area contributed by atoms with E-state index in [9.17, 15) is 18.8 Å². The van der Waals surface area contributed by atoms with Gasteiger partial charge in [-0.05, 0) is 44.0 Å². The summed E-state index contributed by atoms with van der Waals surface area (Å²) in [5.41, 5.74) is 0.773. The monoisotopic (exact) mass is 435 g/mol. The molecule has 2 amide bonds. The van der Waals surface area contributed by atoms with Gasteiger partial charge >= 0.3 is 0 Å². The molecular weight excluding hydrogens is 409 g/mol. The second-order valence-electron chi connectivity index (χ2n) is 7.95. The molecule has 0 fully saturated rings. The Morgan fingerprint density at radius 2 is 1.44 bits per heavy atom. The van der Waals surface area contributed by atoms with Crippen LogP contribution in [0.15, 0.2) is 71.8 Å². The van der Waals surface area contributed by atoms with Crippen molar-refractivity contribution in [3.8, 4) is 0 Å². The van der Waals surface area contributed by atoms with E-state index < -0.39 is 23.3 Å². The van der Waals surface area contributed by atoms with Crippen LogP contribution in [0.3, 0.4) is 0 Å². The van der Waals surface area contributed by atoms with Gasteiger partial charge in [0.05, 0.1) is 6.04 Å². The molecule has 0 bridgehead atoms. The third-order valence-corrected chi connectivity index (χ3v) is 4.91. The number of hydrogen-bond acceptors (Lipinski definition) is 3. The Kier molecular flexibility index (Phi) is 7.20. The number of hydrogen-bond donors (Lipinski definition) is 2. The van der Waals surface area contributed by atoms with Crippen LogP contribution in [-0.4, -0.2) is 22.4 Å². The number of nitrogens with zero attached hydrogens (tertiary/aromatic N) is 1. The van der Waals surface area contributed by atoms with Crippen molar-refractivity contribution in [1.82, 2.24) is 15.2 Å². The minimum atomic E-state index is -0.642. The number of rotatable bonds is 7. The van der Waals surface area contributed by atoms with Gasteiger partial charge in [-0.15, -0.1) is 0 Å². The minimum Gasteiger partial charge on any atom is -0.350 e. The molecule has 3 rings (SSSR count). The molecular formula is C25H26FN3O3. The van der Waals surface area contributed by atoms with Crippen molar-refractivity contribution in [2.75, 3.05) is 0 Å². The second kappa shape index (κ2) is 10.0. The van der Waals surface area contributed by atoms with E-state index in [2.05, 4.69) is 10.6 Å². The van der Waals surface area contributed by atoms with Crippen LogP contribution in [-0.2, 0) is 6.54 Å². The molecule has 3 aromatic rings. The van der Waals surface area contributed by atoms with Crippen molar-refractivity contribution < 1.29 is 14.0 Å². The van der Waals surface area contributed by atoms with E-state index in [4.69, 9.17) is 0 Å². The molecule has 0 spiro atoms. The average Bonchev–Trinajstić information content (AvgIpc) is 2.75. The Hall–Kier alpha value is -3.74. The number of amides is 2. The van der Waals surface area contributed by atoms with Crippen LogP contribution < -0.4 is 16.1 Å². The number of carbonyl (C=O) groups excluding carboxylic acids is 2. The fourth-order valence-corrected chi connectivity index (χ4v) is 3.29. The lowest BCUT2D eigenvalue weighted by molar-refractivity contribution is 0.0937. The lowest BCUT2D eigenvalue weighted by Crippen LogP contribution is -2.38. The number of carbonyl (C=O) groups is 2. The summed E-state index contributed by atoms with van der Waals surface area (Å²) in [5.74, 6) is -1.51. The van der Waals surface area contributed by atoms with Gasteiger partial charge in [0.2, 0.25) is 5.43 Å². The normalized spacial score (nSPS) is 11.8. The Morgan fingerprint density at radius 3 is 2.00 bits per heavy atom. The van der Waals surface area contributed by atoms with Crippen LogP contribution in [0, 0.1) is 5.82 Å². The van der Waals surface area contributed by atoms with Gasteiger partial charge in [-0.3, -0.25) is 14.4 Å². The molecule has 2 N–H and O–H groups in total. The van der Waals surface area contributed by atoms with Gasteiger partial charge in [-0.2, -0.15) is 0 Å². The molecule has 1 aromatic heterocycles. The van der Waals surface area contributed by atoms with E-state index in [1.807, 2.05) is 30.3 Å². The second-order valence-corrected chi connectivity index (χ2v) is 7.95. The molecule has 32 heavy (non-hydrogen) atoms. The third-order valence-electron chi connectivity index (χ3n) is 4.91. The molecule has 0 aliphatic carbocycles. The Morgan fingerprint density at radius 1 is 0.875 bits per heavy atom. The molecule has 0 saturated heterocycles. The molecule has 0 aliphatic rings. The lowest BCUT2D eigenvalue weighted by atomic mass is 10.1. The van der Waals surface area contributed by atoms with Gasteiger partial charge in [0.15, 0.2) is 0 Å². The Balaban J connectivity index is 1.95.